The number of guanidine groups is 1. The van der Waals surface area contributed by atoms with E-state index in [1.807, 2.05) is 30.0 Å². The second kappa shape index (κ2) is 9.84. The highest BCUT2D eigenvalue weighted by Gasteiger charge is 2.06. The zero-order valence-electron chi connectivity index (χ0n) is 15.1. The maximum absolute atomic E-state index is 5.32. The summed E-state index contributed by atoms with van der Waals surface area (Å²) >= 11 is 1.82. The molecule has 0 fully saturated rings. The molecule has 25 heavy (non-hydrogen) atoms. The van der Waals surface area contributed by atoms with Crippen LogP contribution in [0.2, 0.25) is 0 Å². The lowest BCUT2D eigenvalue weighted by Gasteiger charge is -2.14. The van der Waals surface area contributed by atoms with Gasteiger partial charge in [0.05, 0.1) is 14.2 Å². The summed E-state index contributed by atoms with van der Waals surface area (Å²) < 4.78 is 10.6. The second-order valence-electron chi connectivity index (χ2n) is 5.36. The fourth-order valence-corrected chi connectivity index (χ4v) is 2.97. The van der Waals surface area contributed by atoms with Crippen molar-refractivity contribution in [3.8, 4) is 11.5 Å². The van der Waals surface area contributed by atoms with Gasteiger partial charge in [-0.15, -0.1) is 11.8 Å². The first kappa shape index (κ1) is 19.0. The van der Waals surface area contributed by atoms with Gasteiger partial charge in [0.15, 0.2) is 17.5 Å². The number of hydrogen-bond acceptors (Lipinski definition) is 4. The molecule has 0 radical (unpaired) electrons. The molecule has 2 aromatic rings. The average Bonchev–Trinajstić information content (AvgIpc) is 2.65. The van der Waals surface area contributed by atoms with E-state index in [4.69, 9.17) is 9.47 Å². The fraction of sp³-hybridized carbons (Fsp3) is 0.316. The van der Waals surface area contributed by atoms with Gasteiger partial charge >= 0.3 is 0 Å². The Morgan fingerprint density at radius 1 is 1.04 bits per heavy atom. The van der Waals surface area contributed by atoms with Gasteiger partial charge in [0, 0.05) is 36.0 Å². The molecule has 0 heterocycles. The van der Waals surface area contributed by atoms with Gasteiger partial charge in [0.25, 0.3) is 0 Å². The van der Waals surface area contributed by atoms with Gasteiger partial charge in [-0.2, -0.15) is 0 Å². The Kier molecular flexibility index (Phi) is 7.47. The van der Waals surface area contributed by atoms with Crippen molar-refractivity contribution < 1.29 is 9.47 Å². The molecule has 2 rings (SSSR count). The third-order valence-corrected chi connectivity index (χ3v) is 4.57. The zero-order chi connectivity index (χ0) is 18.1. The summed E-state index contributed by atoms with van der Waals surface area (Å²) in [6.45, 7) is 2.91. The topological polar surface area (TPSA) is 54.9 Å². The summed E-state index contributed by atoms with van der Waals surface area (Å²) in [4.78, 5) is 5.52. The minimum absolute atomic E-state index is 0.679. The summed E-state index contributed by atoms with van der Waals surface area (Å²) in [6.07, 6.45) is 0. The molecule has 0 saturated heterocycles. The molecule has 0 spiro atoms. The summed E-state index contributed by atoms with van der Waals surface area (Å²) in [5.41, 5.74) is 2.17. The van der Waals surface area contributed by atoms with E-state index in [0.717, 1.165) is 23.9 Å². The van der Waals surface area contributed by atoms with Gasteiger partial charge in [-0.25, -0.2) is 0 Å². The molecule has 5 nitrogen and oxygen atoms in total. The minimum atomic E-state index is 0.679. The SMILES string of the molecule is CN=C(NCCSc1ccc(C)cc1)Nc1ccc(OC)c(OC)c1. The highest BCUT2D eigenvalue weighted by atomic mass is 32.2. The van der Waals surface area contributed by atoms with Crippen LogP contribution in [0.25, 0.3) is 0 Å². The van der Waals surface area contributed by atoms with Gasteiger partial charge in [-0.05, 0) is 31.2 Å². The molecule has 0 saturated carbocycles. The van der Waals surface area contributed by atoms with Crippen molar-refractivity contribution in [1.82, 2.24) is 5.32 Å². The van der Waals surface area contributed by atoms with Crippen molar-refractivity contribution in [2.45, 2.75) is 11.8 Å². The van der Waals surface area contributed by atoms with E-state index in [2.05, 4.69) is 46.8 Å². The number of rotatable bonds is 7. The lowest BCUT2D eigenvalue weighted by Crippen LogP contribution is -2.32. The van der Waals surface area contributed by atoms with Crippen molar-refractivity contribution in [2.75, 3.05) is 38.9 Å². The highest BCUT2D eigenvalue weighted by Crippen LogP contribution is 2.29. The molecule has 0 bridgehead atoms. The largest absolute Gasteiger partial charge is 0.493 e. The molecular formula is C19H25N3O2S. The molecule has 134 valence electrons. The van der Waals surface area contributed by atoms with Crippen LogP contribution in [-0.4, -0.2) is 39.5 Å². The van der Waals surface area contributed by atoms with Crippen LogP contribution in [0.15, 0.2) is 52.4 Å². The van der Waals surface area contributed by atoms with Crippen LogP contribution in [0.3, 0.4) is 0 Å². The van der Waals surface area contributed by atoms with Crippen molar-refractivity contribution in [2.24, 2.45) is 4.99 Å². The summed E-state index contributed by atoms with van der Waals surface area (Å²) in [5, 5.41) is 6.57. The van der Waals surface area contributed by atoms with Crippen LogP contribution < -0.4 is 20.1 Å². The first-order valence-electron chi connectivity index (χ1n) is 8.05. The summed E-state index contributed by atoms with van der Waals surface area (Å²) in [7, 11) is 5.00. The van der Waals surface area contributed by atoms with E-state index in [1.165, 1.54) is 10.5 Å². The molecule has 2 N–H and O–H groups in total. The number of aryl methyl sites for hydroxylation is 1. The Morgan fingerprint density at radius 2 is 1.76 bits per heavy atom. The number of nitrogens with one attached hydrogen (secondary N) is 2. The molecule has 0 atom stereocenters. The van der Waals surface area contributed by atoms with Gasteiger partial charge < -0.3 is 20.1 Å². The monoisotopic (exact) mass is 359 g/mol. The Hall–Kier alpha value is -2.34. The first-order valence-corrected chi connectivity index (χ1v) is 9.04. The molecule has 0 aromatic heterocycles. The standard InChI is InChI=1S/C19H25N3O2S/c1-14-5-8-16(9-6-14)25-12-11-21-19(20-2)22-15-7-10-17(23-3)18(13-15)24-4/h5-10,13H,11-12H2,1-4H3,(H2,20,21,22). The van der Waals surface area contributed by atoms with Crippen LogP contribution >= 0.6 is 11.8 Å². The maximum atomic E-state index is 5.32. The Bertz CT molecular complexity index is 702. The van der Waals surface area contributed by atoms with Gasteiger partial charge in [0.1, 0.15) is 0 Å². The number of thioether (sulfide) groups is 1. The van der Waals surface area contributed by atoms with Crippen LogP contribution in [0.1, 0.15) is 5.56 Å². The third kappa shape index (κ3) is 5.90. The van der Waals surface area contributed by atoms with E-state index in [0.29, 0.717) is 11.5 Å². The molecule has 0 unspecified atom stereocenters. The van der Waals surface area contributed by atoms with E-state index >= 15 is 0 Å². The van der Waals surface area contributed by atoms with E-state index in [9.17, 15) is 0 Å². The number of nitrogens with zero attached hydrogens (tertiary/aromatic N) is 1. The number of aliphatic imine (C=N–C) groups is 1. The van der Waals surface area contributed by atoms with E-state index in [1.54, 1.807) is 21.3 Å². The predicted molar refractivity (Wildman–Crippen MR) is 106 cm³/mol. The molecule has 6 heteroatoms. The van der Waals surface area contributed by atoms with Crippen LogP contribution in [0, 0.1) is 6.92 Å². The molecule has 2 aromatic carbocycles. The van der Waals surface area contributed by atoms with Gasteiger partial charge in [-0.1, -0.05) is 17.7 Å². The molecule has 0 aliphatic carbocycles. The lowest BCUT2D eigenvalue weighted by atomic mass is 10.2. The fourth-order valence-electron chi connectivity index (χ4n) is 2.20. The van der Waals surface area contributed by atoms with Crippen molar-refractivity contribution in [3.63, 3.8) is 0 Å². The number of methoxy groups -OCH3 is 2. The van der Waals surface area contributed by atoms with Crippen molar-refractivity contribution >= 4 is 23.4 Å². The van der Waals surface area contributed by atoms with Crippen LogP contribution in [0.4, 0.5) is 5.69 Å². The van der Waals surface area contributed by atoms with Crippen molar-refractivity contribution in [3.05, 3.63) is 48.0 Å². The number of ether oxygens (including phenoxy) is 2. The Labute approximate surface area is 153 Å². The average molecular weight is 359 g/mol. The Morgan fingerprint density at radius 3 is 2.40 bits per heavy atom. The van der Waals surface area contributed by atoms with E-state index < -0.39 is 0 Å². The van der Waals surface area contributed by atoms with Gasteiger partial charge in [0.2, 0.25) is 0 Å². The quantitative estimate of drug-likeness (QED) is 0.341. The molecule has 0 aliphatic heterocycles. The number of hydrogen-bond donors (Lipinski definition) is 2. The molecule has 0 amide bonds. The van der Waals surface area contributed by atoms with Crippen LogP contribution in [0.5, 0.6) is 11.5 Å². The van der Waals surface area contributed by atoms with Gasteiger partial charge in [-0.3, -0.25) is 4.99 Å². The second-order valence-corrected chi connectivity index (χ2v) is 6.52. The smallest absolute Gasteiger partial charge is 0.195 e. The minimum Gasteiger partial charge on any atom is -0.493 e. The normalized spacial score (nSPS) is 11.1. The Balaban J connectivity index is 1.83. The van der Waals surface area contributed by atoms with Crippen LogP contribution in [-0.2, 0) is 0 Å². The molecule has 0 aliphatic rings. The van der Waals surface area contributed by atoms with Crippen molar-refractivity contribution in [1.29, 1.82) is 0 Å². The number of anilines is 1. The highest BCUT2D eigenvalue weighted by molar-refractivity contribution is 7.99. The number of benzene rings is 2. The maximum Gasteiger partial charge on any atom is 0.195 e. The first-order chi connectivity index (χ1) is 12.2. The predicted octanol–water partition coefficient (Wildman–Crippen LogP) is 3.79. The zero-order valence-corrected chi connectivity index (χ0v) is 15.9. The third-order valence-electron chi connectivity index (χ3n) is 3.55. The van der Waals surface area contributed by atoms with E-state index in [-0.39, 0.29) is 0 Å². The molecular weight excluding hydrogens is 334 g/mol. The summed E-state index contributed by atoms with van der Waals surface area (Å²) in [6, 6.07) is 14.2. The summed E-state index contributed by atoms with van der Waals surface area (Å²) in [5.74, 6) is 3.05. The lowest BCUT2D eigenvalue weighted by molar-refractivity contribution is 0.355.